The number of benzene rings is 1. The molecule has 0 saturated carbocycles. The maximum absolute atomic E-state index is 12.6. The second kappa shape index (κ2) is 8.01. The minimum Gasteiger partial charge on any atom is -0.380 e. The zero-order valence-electron chi connectivity index (χ0n) is 13.6. The number of ether oxygens (including phenoxy) is 1. The van der Waals surface area contributed by atoms with Crippen molar-refractivity contribution in [3.05, 3.63) is 47.7 Å². The first-order valence-corrected chi connectivity index (χ1v) is 9.12. The lowest BCUT2D eigenvalue weighted by atomic mass is 10.1. The van der Waals surface area contributed by atoms with Crippen molar-refractivity contribution < 1.29 is 35.1 Å². The van der Waals surface area contributed by atoms with Crippen molar-refractivity contribution in [1.82, 2.24) is 0 Å². The fourth-order valence-electron chi connectivity index (χ4n) is 2.30. The van der Waals surface area contributed by atoms with Gasteiger partial charge < -0.3 is 8.92 Å². The third kappa shape index (κ3) is 5.05. The van der Waals surface area contributed by atoms with Crippen molar-refractivity contribution in [3.8, 4) is 0 Å². The minimum absolute atomic E-state index is 0.00398. The fourth-order valence-corrected chi connectivity index (χ4v) is 2.84. The van der Waals surface area contributed by atoms with Crippen LogP contribution in [0.2, 0.25) is 0 Å². The predicted octanol–water partition coefficient (Wildman–Crippen LogP) is 2.68. The van der Waals surface area contributed by atoms with Crippen LogP contribution in [-0.4, -0.2) is 50.5 Å². The molecule has 138 valence electrons. The summed E-state index contributed by atoms with van der Waals surface area (Å²) in [7, 11) is -5.69. The maximum atomic E-state index is 12.6. The van der Waals surface area contributed by atoms with Crippen molar-refractivity contribution in [2.75, 3.05) is 26.3 Å². The van der Waals surface area contributed by atoms with Crippen molar-refractivity contribution in [1.29, 1.82) is 0 Å². The summed E-state index contributed by atoms with van der Waals surface area (Å²) in [6.45, 7) is 3.58. The van der Waals surface area contributed by atoms with Gasteiger partial charge in [0.2, 0.25) is 5.71 Å². The van der Waals surface area contributed by atoms with Crippen molar-refractivity contribution in [2.45, 2.75) is 18.9 Å². The summed E-state index contributed by atoms with van der Waals surface area (Å²) in [5.41, 5.74) is -4.12. The van der Waals surface area contributed by atoms with E-state index in [0.717, 1.165) is 5.56 Å². The molecule has 5 nitrogen and oxygen atoms in total. The quantitative estimate of drug-likeness (QED) is 0.342. The van der Waals surface area contributed by atoms with E-state index in [1.165, 1.54) is 13.0 Å². The Morgan fingerprint density at radius 1 is 1.24 bits per heavy atom. The zero-order chi connectivity index (χ0) is 18.5. The second-order valence-electron chi connectivity index (χ2n) is 5.30. The molecule has 1 saturated heterocycles. The molecule has 0 unspecified atom stereocenters. The monoisotopic (exact) mass is 378 g/mol. The number of halogens is 3. The molecule has 1 aromatic carbocycles. The van der Waals surface area contributed by atoms with Crippen LogP contribution in [-0.2, 0) is 19.0 Å². The van der Waals surface area contributed by atoms with E-state index in [2.05, 4.69) is 4.18 Å². The Balaban J connectivity index is 2.45. The van der Waals surface area contributed by atoms with E-state index in [1.54, 1.807) is 24.3 Å². The van der Waals surface area contributed by atoms with Gasteiger partial charge in [-0.15, -0.1) is 0 Å². The summed E-state index contributed by atoms with van der Waals surface area (Å²) < 4.78 is 71.8. The topological polar surface area (TPSA) is 55.6 Å². The van der Waals surface area contributed by atoms with E-state index in [-0.39, 0.29) is 12.2 Å². The molecule has 0 aliphatic carbocycles. The van der Waals surface area contributed by atoms with Gasteiger partial charge in [0.25, 0.3) is 0 Å². The van der Waals surface area contributed by atoms with E-state index in [1.807, 2.05) is 10.6 Å². The first-order chi connectivity index (χ1) is 11.7. The van der Waals surface area contributed by atoms with Crippen LogP contribution in [0.1, 0.15) is 18.9 Å². The molecule has 1 aliphatic heterocycles. The van der Waals surface area contributed by atoms with Gasteiger partial charge in [-0.3, -0.25) is 0 Å². The van der Waals surface area contributed by atoms with Crippen molar-refractivity contribution >= 4 is 15.8 Å². The Morgan fingerprint density at radius 2 is 1.84 bits per heavy atom. The number of rotatable bonds is 5. The molecule has 0 radical (unpaired) electrons. The highest BCUT2D eigenvalue weighted by Gasteiger charge is 2.48. The van der Waals surface area contributed by atoms with Gasteiger partial charge in [-0.25, -0.2) is 4.58 Å². The standard InChI is InChI=1S/C16H19F3NO4S/c1-2-14(24-25(21,22)16(17,18)19)12-15(13-6-4-3-5-7-13)20-8-10-23-11-9-20/h3-7,12H,2,8-11H2,1H3/q+1/b14-12-. The van der Waals surface area contributed by atoms with Crippen LogP contribution in [0.4, 0.5) is 13.2 Å². The van der Waals surface area contributed by atoms with Crippen molar-refractivity contribution in [2.24, 2.45) is 0 Å². The van der Waals surface area contributed by atoms with Gasteiger partial charge >= 0.3 is 15.6 Å². The number of alkyl halides is 3. The van der Waals surface area contributed by atoms with Gasteiger partial charge in [-0.1, -0.05) is 25.1 Å². The second-order valence-corrected chi connectivity index (χ2v) is 6.84. The SMILES string of the molecule is CC/C(=C/C(c1ccccc1)=[N+]1CCOCC1)OS(=O)(=O)C(F)(F)F. The van der Waals surface area contributed by atoms with E-state index < -0.39 is 15.6 Å². The van der Waals surface area contributed by atoms with Gasteiger partial charge in [0.05, 0.1) is 0 Å². The summed E-state index contributed by atoms with van der Waals surface area (Å²) in [6.07, 6.45) is 1.35. The summed E-state index contributed by atoms with van der Waals surface area (Å²) in [5.74, 6) is -0.275. The van der Waals surface area contributed by atoms with E-state index in [4.69, 9.17) is 4.74 Å². The lowest BCUT2D eigenvalue weighted by molar-refractivity contribution is -0.548. The Hall–Kier alpha value is -1.87. The molecule has 0 spiro atoms. The largest absolute Gasteiger partial charge is 0.534 e. The van der Waals surface area contributed by atoms with Crippen LogP contribution in [0.15, 0.2) is 42.2 Å². The van der Waals surface area contributed by atoms with Gasteiger partial charge in [0.15, 0.2) is 13.1 Å². The summed E-state index contributed by atoms with van der Waals surface area (Å²) >= 11 is 0. The maximum Gasteiger partial charge on any atom is 0.534 e. The van der Waals surface area contributed by atoms with Crippen LogP contribution in [0.25, 0.3) is 0 Å². The predicted molar refractivity (Wildman–Crippen MR) is 85.8 cm³/mol. The molecule has 1 aliphatic rings. The molecule has 0 aromatic heterocycles. The minimum atomic E-state index is -5.69. The van der Waals surface area contributed by atoms with E-state index in [0.29, 0.717) is 32.0 Å². The Labute approximate surface area is 144 Å². The average Bonchev–Trinajstić information content (AvgIpc) is 2.59. The number of morpholine rings is 1. The average molecular weight is 378 g/mol. The lowest BCUT2D eigenvalue weighted by Crippen LogP contribution is -2.33. The number of nitrogens with zero attached hydrogens (tertiary/aromatic N) is 1. The van der Waals surface area contributed by atoms with Gasteiger partial charge in [-0.05, 0) is 12.1 Å². The van der Waals surface area contributed by atoms with Gasteiger partial charge in [0.1, 0.15) is 19.0 Å². The van der Waals surface area contributed by atoms with E-state index in [9.17, 15) is 21.6 Å². The first-order valence-electron chi connectivity index (χ1n) is 7.71. The molecule has 1 heterocycles. The van der Waals surface area contributed by atoms with Crippen LogP contribution >= 0.6 is 0 Å². The molecule has 0 bridgehead atoms. The normalized spacial score (nSPS) is 16.6. The highest BCUT2D eigenvalue weighted by molar-refractivity contribution is 7.87. The van der Waals surface area contributed by atoms with Crippen LogP contribution in [0.5, 0.6) is 0 Å². The molecule has 9 heteroatoms. The Bertz CT molecular complexity index is 747. The highest BCUT2D eigenvalue weighted by Crippen LogP contribution is 2.27. The molecule has 0 amide bonds. The van der Waals surface area contributed by atoms with Crippen LogP contribution in [0.3, 0.4) is 0 Å². The highest BCUT2D eigenvalue weighted by atomic mass is 32.2. The van der Waals surface area contributed by atoms with E-state index >= 15 is 0 Å². The molecule has 0 atom stereocenters. The Morgan fingerprint density at radius 3 is 2.36 bits per heavy atom. The third-order valence-corrected chi connectivity index (χ3v) is 4.57. The van der Waals surface area contributed by atoms with Gasteiger partial charge in [0, 0.05) is 18.1 Å². The number of allylic oxidation sites excluding steroid dienone is 2. The smallest absolute Gasteiger partial charge is 0.380 e. The molecule has 1 aromatic rings. The summed E-state index contributed by atoms with van der Waals surface area (Å²) in [4.78, 5) is 0. The number of hydrogen-bond acceptors (Lipinski definition) is 4. The Kier molecular flexibility index (Phi) is 6.23. The molecular weight excluding hydrogens is 359 g/mol. The lowest BCUT2D eigenvalue weighted by Gasteiger charge is -2.15. The van der Waals surface area contributed by atoms with Crippen LogP contribution in [0, 0.1) is 0 Å². The van der Waals surface area contributed by atoms with Crippen molar-refractivity contribution in [3.63, 3.8) is 0 Å². The zero-order valence-corrected chi connectivity index (χ0v) is 14.4. The van der Waals surface area contributed by atoms with Gasteiger partial charge in [-0.2, -0.15) is 21.6 Å². The molecule has 1 fully saturated rings. The number of hydrogen-bond donors (Lipinski definition) is 0. The fraction of sp³-hybridized carbons (Fsp3) is 0.438. The molecule has 0 N–H and O–H groups in total. The van der Waals surface area contributed by atoms with Crippen LogP contribution < -0.4 is 0 Å². The first kappa shape index (κ1) is 19.5. The molecule has 25 heavy (non-hydrogen) atoms. The molecular formula is C16H19F3NO4S+. The summed E-state index contributed by atoms with van der Waals surface area (Å²) in [6, 6.07) is 9.00. The molecule has 2 rings (SSSR count). The third-order valence-electron chi connectivity index (χ3n) is 3.57. The summed E-state index contributed by atoms with van der Waals surface area (Å²) in [5, 5.41) is 0.